The first-order valence-electron chi connectivity index (χ1n) is 7.39. The van der Waals surface area contributed by atoms with Gasteiger partial charge in [-0.15, -0.1) is 0 Å². The van der Waals surface area contributed by atoms with Gasteiger partial charge in [0.2, 0.25) is 0 Å². The fourth-order valence-electron chi connectivity index (χ4n) is 2.66. The Morgan fingerprint density at radius 1 is 1.06 bits per heavy atom. The maximum Gasteiger partial charge on any atom is 0.0233 e. The number of hydrogen-bond donors (Lipinski definition) is 1. The minimum atomic E-state index is 0.990. The lowest BCUT2D eigenvalue weighted by atomic mass is 10.1. The van der Waals surface area contributed by atoms with Gasteiger partial charge in [-0.3, -0.25) is 4.90 Å². The van der Waals surface area contributed by atoms with Gasteiger partial charge in [0.25, 0.3) is 0 Å². The van der Waals surface area contributed by atoms with Crippen molar-refractivity contribution in [1.29, 1.82) is 0 Å². The Kier molecular flexibility index (Phi) is 5.69. The van der Waals surface area contributed by atoms with Crippen LogP contribution < -0.4 is 5.32 Å². The van der Waals surface area contributed by atoms with Crippen LogP contribution in [0.5, 0.6) is 0 Å². The molecule has 0 unspecified atom stereocenters. The summed E-state index contributed by atoms with van der Waals surface area (Å²) in [6.45, 7) is 7.86. The minimum Gasteiger partial charge on any atom is -0.313 e. The molecule has 1 aliphatic heterocycles. The molecule has 2 heteroatoms. The van der Waals surface area contributed by atoms with E-state index in [-0.39, 0.29) is 0 Å². The summed E-state index contributed by atoms with van der Waals surface area (Å²) in [6, 6.07) is 9.03. The van der Waals surface area contributed by atoms with Crippen molar-refractivity contribution in [3.8, 4) is 0 Å². The standard InChI is InChI=1S/C16H26N2/c1-2-17-13-15-8-7-9-16(12-15)14-18-10-5-3-4-6-11-18/h7-9,12,17H,2-6,10-11,13-14H2,1H3. The molecule has 1 aromatic carbocycles. The molecular weight excluding hydrogens is 220 g/mol. The molecule has 1 saturated heterocycles. The zero-order valence-electron chi connectivity index (χ0n) is 11.6. The molecule has 1 fully saturated rings. The van der Waals surface area contributed by atoms with Gasteiger partial charge in [-0.1, -0.05) is 44.0 Å². The predicted octanol–water partition coefficient (Wildman–Crippen LogP) is 3.17. The SMILES string of the molecule is CCNCc1cccc(CN2CCCCCC2)c1. The maximum absolute atomic E-state index is 3.39. The molecule has 0 aliphatic carbocycles. The topological polar surface area (TPSA) is 15.3 Å². The Morgan fingerprint density at radius 2 is 1.78 bits per heavy atom. The molecule has 0 aromatic heterocycles. The highest BCUT2D eigenvalue weighted by atomic mass is 15.1. The largest absolute Gasteiger partial charge is 0.313 e. The number of rotatable bonds is 5. The van der Waals surface area contributed by atoms with Crippen LogP contribution in [-0.4, -0.2) is 24.5 Å². The van der Waals surface area contributed by atoms with Crippen LogP contribution in [0.15, 0.2) is 24.3 Å². The lowest BCUT2D eigenvalue weighted by Gasteiger charge is -2.20. The summed E-state index contributed by atoms with van der Waals surface area (Å²) in [5.41, 5.74) is 2.87. The van der Waals surface area contributed by atoms with Crippen LogP contribution in [0.2, 0.25) is 0 Å². The van der Waals surface area contributed by atoms with Crippen LogP contribution in [0.25, 0.3) is 0 Å². The first-order chi connectivity index (χ1) is 8.88. The monoisotopic (exact) mass is 246 g/mol. The zero-order valence-corrected chi connectivity index (χ0v) is 11.6. The fraction of sp³-hybridized carbons (Fsp3) is 0.625. The molecule has 1 aromatic rings. The van der Waals surface area contributed by atoms with E-state index in [0.717, 1.165) is 19.6 Å². The second-order valence-corrected chi connectivity index (χ2v) is 5.29. The maximum atomic E-state index is 3.39. The Hall–Kier alpha value is -0.860. The number of nitrogens with one attached hydrogen (secondary N) is 1. The fourth-order valence-corrected chi connectivity index (χ4v) is 2.66. The van der Waals surface area contributed by atoms with Crippen molar-refractivity contribution in [3.05, 3.63) is 35.4 Å². The van der Waals surface area contributed by atoms with Gasteiger partial charge in [0.15, 0.2) is 0 Å². The summed E-state index contributed by atoms with van der Waals surface area (Å²) in [4.78, 5) is 2.61. The average molecular weight is 246 g/mol. The summed E-state index contributed by atoms with van der Waals surface area (Å²) in [7, 11) is 0. The van der Waals surface area contributed by atoms with Crippen LogP contribution in [0.3, 0.4) is 0 Å². The highest BCUT2D eigenvalue weighted by Crippen LogP contribution is 2.14. The van der Waals surface area contributed by atoms with E-state index < -0.39 is 0 Å². The lowest BCUT2D eigenvalue weighted by molar-refractivity contribution is 0.277. The molecule has 0 bridgehead atoms. The molecule has 0 atom stereocenters. The zero-order chi connectivity index (χ0) is 12.6. The number of hydrogen-bond acceptors (Lipinski definition) is 2. The summed E-state index contributed by atoms with van der Waals surface area (Å²) >= 11 is 0. The van der Waals surface area contributed by atoms with E-state index in [0.29, 0.717) is 0 Å². The summed E-state index contributed by atoms with van der Waals surface area (Å²) < 4.78 is 0. The van der Waals surface area contributed by atoms with E-state index in [4.69, 9.17) is 0 Å². The van der Waals surface area contributed by atoms with E-state index >= 15 is 0 Å². The van der Waals surface area contributed by atoms with Gasteiger partial charge in [0, 0.05) is 13.1 Å². The first kappa shape index (κ1) is 13.6. The number of benzene rings is 1. The van der Waals surface area contributed by atoms with Crippen LogP contribution in [0.1, 0.15) is 43.7 Å². The van der Waals surface area contributed by atoms with Crippen LogP contribution in [0, 0.1) is 0 Å². The molecule has 1 heterocycles. The van der Waals surface area contributed by atoms with Crippen molar-refractivity contribution in [1.82, 2.24) is 10.2 Å². The molecule has 1 N–H and O–H groups in total. The van der Waals surface area contributed by atoms with Gasteiger partial charge in [-0.2, -0.15) is 0 Å². The van der Waals surface area contributed by atoms with Gasteiger partial charge in [0.1, 0.15) is 0 Å². The molecule has 0 saturated carbocycles. The number of likely N-dealkylation sites (tertiary alicyclic amines) is 1. The quantitative estimate of drug-likeness (QED) is 0.858. The molecule has 2 rings (SSSR count). The van der Waals surface area contributed by atoms with E-state index in [1.165, 1.54) is 49.9 Å². The minimum absolute atomic E-state index is 0.990. The third kappa shape index (κ3) is 4.43. The molecular formula is C16H26N2. The van der Waals surface area contributed by atoms with Crippen LogP contribution in [-0.2, 0) is 13.1 Å². The van der Waals surface area contributed by atoms with E-state index in [1.807, 2.05) is 0 Å². The summed E-state index contributed by atoms with van der Waals surface area (Å²) in [6.07, 6.45) is 5.57. The molecule has 2 nitrogen and oxygen atoms in total. The first-order valence-corrected chi connectivity index (χ1v) is 7.39. The molecule has 1 aliphatic rings. The molecule has 0 radical (unpaired) electrons. The predicted molar refractivity (Wildman–Crippen MR) is 77.6 cm³/mol. The Balaban J connectivity index is 1.91. The number of nitrogens with zero attached hydrogens (tertiary/aromatic N) is 1. The highest BCUT2D eigenvalue weighted by molar-refractivity contribution is 5.23. The van der Waals surface area contributed by atoms with Crippen molar-refractivity contribution in [2.75, 3.05) is 19.6 Å². The van der Waals surface area contributed by atoms with Gasteiger partial charge in [-0.25, -0.2) is 0 Å². The van der Waals surface area contributed by atoms with Gasteiger partial charge >= 0.3 is 0 Å². The third-order valence-corrected chi connectivity index (χ3v) is 3.68. The van der Waals surface area contributed by atoms with Crippen LogP contribution in [0.4, 0.5) is 0 Å². The van der Waals surface area contributed by atoms with E-state index in [1.54, 1.807) is 0 Å². The molecule has 0 amide bonds. The van der Waals surface area contributed by atoms with Gasteiger partial charge < -0.3 is 5.32 Å². The Bertz CT molecular complexity index is 341. The average Bonchev–Trinajstić information content (AvgIpc) is 2.65. The lowest BCUT2D eigenvalue weighted by Crippen LogP contribution is -2.24. The van der Waals surface area contributed by atoms with Gasteiger partial charge in [-0.05, 0) is 43.6 Å². The highest BCUT2D eigenvalue weighted by Gasteiger charge is 2.09. The van der Waals surface area contributed by atoms with Crippen LogP contribution >= 0.6 is 0 Å². The van der Waals surface area contributed by atoms with Crippen molar-refractivity contribution in [2.24, 2.45) is 0 Å². The molecule has 0 spiro atoms. The second-order valence-electron chi connectivity index (χ2n) is 5.29. The summed E-state index contributed by atoms with van der Waals surface area (Å²) in [5, 5.41) is 3.39. The van der Waals surface area contributed by atoms with Crippen molar-refractivity contribution in [2.45, 2.75) is 45.7 Å². The second kappa shape index (κ2) is 7.55. The molecule has 18 heavy (non-hydrogen) atoms. The van der Waals surface area contributed by atoms with Crippen molar-refractivity contribution >= 4 is 0 Å². The van der Waals surface area contributed by atoms with Gasteiger partial charge in [0.05, 0.1) is 0 Å². The summed E-state index contributed by atoms with van der Waals surface area (Å²) in [5.74, 6) is 0. The van der Waals surface area contributed by atoms with Crippen molar-refractivity contribution in [3.63, 3.8) is 0 Å². The van der Waals surface area contributed by atoms with Crippen molar-refractivity contribution < 1.29 is 0 Å². The molecule has 100 valence electrons. The van der Waals surface area contributed by atoms with E-state index in [2.05, 4.69) is 41.4 Å². The Labute approximate surface area is 111 Å². The normalized spacial score (nSPS) is 17.6. The smallest absolute Gasteiger partial charge is 0.0233 e. The van der Waals surface area contributed by atoms with E-state index in [9.17, 15) is 0 Å². The third-order valence-electron chi connectivity index (χ3n) is 3.68. The Morgan fingerprint density at radius 3 is 2.50 bits per heavy atom.